The highest BCUT2D eigenvalue weighted by Crippen LogP contribution is 1.95. The molecule has 3 heteroatoms. The van der Waals surface area contributed by atoms with Crippen LogP contribution in [0.2, 0.25) is 0 Å². The zero-order chi connectivity index (χ0) is 6.57. The molecule has 0 bridgehead atoms. The van der Waals surface area contributed by atoms with Gasteiger partial charge in [0.15, 0.2) is 0 Å². The molecule has 0 unspecified atom stereocenters. The summed E-state index contributed by atoms with van der Waals surface area (Å²) in [5.74, 6) is -1.12. The van der Waals surface area contributed by atoms with Gasteiger partial charge in [-0.2, -0.15) is 0 Å². The molecule has 0 saturated carbocycles. The first kappa shape index (κ1) is 7.01. The molecule has 0 aliphatic rings. The van der Waals surface area contributed by atoms with Crippen molar-refractivity contribution >= 4 is 5.97 Å². The SMILES string of the molecule is CC/C(=C/[O-])C(=O)O. The first-order chi connectivity index (χ1) is 3.72. The summed E-state index contributed by atoms with van der Waals surface area (Å²) in [6, 6.07) is 0. The lowest BCUT2D eigenvalue weighted by Crippen LogP contribution is -2.03. The number of carbonyl (C=O) groups is 1. The van der Waals surface area contributed by atoms with Crippen LogP contribution >= 0.6 is 0 Å². The minimum atomic E-state index is -1.12. The van der Waals surface area contributed by atoms with Gasteiger partial charge in [0.2, 0.25) is 0 Å². The predicted octanol–water partition coefficient (Wildman–Crippen LogP) is -0.275. The van der Waals surface area contributed by atoms with Crippen LogP contribution in [-0.2, 0) is 4.79 Å². The maximum Gasteiger partial charge on any atom is 0.330 e. The lowest BCUT2D eigenvalue weighted by molar-refractivity contribution is -0.276. The third-order valence-electron chi connectivity index (χ3n) is 0.798. The highest BCUT2D eigenvalue weighted by molar-refractivity contribution is 5.85. The third-order valence-corrected chi connectivity index (χ3v) is 0.798. The van der Waals surface area contributed by atoms with Gasteiger partial charge < -0.3 is 10.2 Å². The van der Waals surface area contributed by atoms with E-state index >= 15 is 0 Å². The summed E-state index contributed by atoms with van der Waals surface area (Å²) in [5.41, 5.74) is -0.0787. The second-order valence-electron chi connectivity index (χ2n) is 1.30. The molecule has 0 heterocycles. The Kier molecular flexibility index (Phi) is 2.69. The molecule has 0 spiro atoms. The van der Waals surface area contributed by atoms with Gasteiger partial charge in [0.05, 0.1) is 0 Å². The molecule has 0 rings (SSSR count). The molecular weight excluding hydrogens is 108 g/mol. The highest BCUT2D eigenvalue weighted by atomic mass is 16.4. The van der Waals surface area contributed by atoms with Crippen LogP contribution in [-0.4, -0.2) is 11.1 Å². The molecule has 0 aromatic rings. The van der Waals surface area contributed by atoms with E-state index in [0.717, 1.165) is 0 Å². The van der Waals surface area contributed by atoms with E-state index in [1.807, 2.05) is 0 Å². The Morgan fingerprint density at radius 3 is 2.38 bits per heavy atom. The van der Waals surface area contributed by atoms with Gasteiger partial charge in [-0.3, -0.25) is 0 Å². The summed E-state index contributed by atoms with van der Waals surface area (Å²) in [5, 5.41) is 17.9. The second kappa shape index (κ2) is 3.07. The largest absolute Gasteiger partial charge is 0.878 e. The Labute approximate surface area is 47.3 Å². The average Bonchev–Trinajstić information content (AvgIpc) is 1.69. The molecule has 0 atom stereocenters. The molecule has 0 fully saturated rings. The minimum Gasteiger partial charge on any atom is -0.878 e. The minimum absolute atomic E-state index is 0.0787. The Hall–Kier alpha value is -0.990. The molecule has 0 aromatic heterocycles. The fourth-order valence-electron chi connectivity index (χ4n) is 0.285. The number of carboxylic acids is 1. The van der Waals surface area contributed by atoms with E-state index < -0.39 is 5.97 Å². The standard InChI is InChI=1S/C5H8O3/c1-2-4(3-6)5(7)8/h3,6H,2H2,1H3,(H,7,8)/p-1/b4-3-. The van der Waals surface area contributed by atoms with Crippen molar-refractivity contribution < 1.29 is 15.0 Å². The lowest BCUT2D eigenvalue weighted by Gasteiger charge is -1.97. The quantitative estimate of drug-likeness (QED) is 0.398. The first-order valence-corrected chi connectivity index (χ1v) is 2.26. The smallest absolute Gasteiger partial charge is 0.330 e. The van der Waals surface area contributed by atoms with Crippen LogP contribution in [0.1, 0.15) is 13.3 Å². The van der Waals surface area contributed by atoms with Crippen LogP contribution in [0.15, 0.2) is 11.8 Å². The maximum atomic E-state index is 9.89. The van der Waals surface area contributed by atoms with Crippen LogP contribution in [0, 0.1) is 0 Å². The molecule has 46 valence electrons. The normalized spacial score (nSPS) is 11.4. The monoisotopic (exact) mass is 115 g/mol. The molecule has 1 N–H and O–H groups in total. The van der Waals surface area contributed by atoms with Crippen molar-refractivity contribution in [1.29, 1.82) is 0 Å². The van der Waals surface area contributed by atoms with Gasteiger partial charge in [-0.25, -0.2) is 4.79 Å². The predicted molar refractivity (Wildman–Crippen MR) is 26.0 cm³/mol. The summed E-state index contributed by atoms with van der Waals surface area (Å²) >= 11 is 0. The molecule has 3 nitrogen and oxygen atoms in total. The Balaban J connectivity index is 3.92. The molecule has 0 aliphatic heterocycles. The number of hydrogen-bond acceptors (Lipinski definition) is 2. The zero-order valence-corrected chi connectivity index (χ0v) is 4.55. The number of aliphatic carboxylic acids is 1. The Bertz CT molecular complexity index is 115. The van der Waals surface area contributed by atoms with E-state index in [1.165, 1.54) is 0 Å². The topological polar surface area (TPSA) is 60.4 Å². The number of rotatable bonds is 2. The van der Waals surface area contributed by atoms with Gasteiger partial charge in [0.1, 0.15) is 0 Å². The van der Waals surface area contributed by atoms with Crippen LogP contribution in [0.25, 0.3) is 0 Å². The number of carboxylic acid groups (broad SMARTS) is 1. The fraction of sp³-hybridized carbons (Fsp3) is 0.400. The van der Waals surface area contributed by atoms with E-state index in [4.69, 9.17) is 5.11 Å². The van der Waals surface area contributed by atoms with E-state index in [-0.39, 0.29) is 5.57 Å². The van der Waals surface area contributed by atoms with Gasteiger partial charge in [-0.15, -0.1) is 6.26 Å². The summed E-state index contributed by atoms with van der Waals surface area (Å²) in [7, 11) is 0. The van der Waals surface area contributed by atoms with Gasteiger partial charge in [0.25, 0.3) is 0 Å². The van der Waals surface area contributed by atoms with Gasteiger partial charge >= 0.3 is 5.97 Å². The molecule has 0 saturated heterocycles. The van der Waals surface area contributed by atoms with E-state index in [2.05, 4.69) is 0 Å². The van der Waals surface area contributed by atoms with E-state index in [1.54, 1.807) is 6.92 Å². The summed E-state index contributed by atoms with van der Waals surface area (Å²) in [6.07, 6.45) is 0.654. The second-order valence-corrected chi connectivity index (χ2v) is 1.30. The van der Waals surface area contributed by atoms with Crippen LogP contribution in [0.4, 0.5) is 0 Å². The third kappa shape index (κ3) is 1.64. The number of hydrogen-bond donors (Lipinski definition) is 1. The Morgan fingerprint density at radius 2 is 2.38 bits per heavy atom. The van der Waals surface area contributed by atoms with Crippen LogP contribution in [0.3, 0.4) is 0 Å². The molecule has 0 radical (unpaired) electrons. The van der Waals surface area contributed by atoms with Crippen molar-refractivity contribution in [3.63, 3.8) is 0 Å². The van der Waals surface area contributed by atoms with Crippen molar-refractivity contribution in [1.82, 2.24) is 0 Å². The summed E-state index contributed by atoms with van der Waals surface area (Å²) in [4.78, 5) is 9.89. The molecule has 0 amide bonds. The maximum absolute atomic E-state index is 9.89. The summed E-state index contributed by atoms with van der Waals surface area (Å²) in [6.45, 7) is 1.62. The average molecular weight is 115 g/mol. The Morgan fingerprint density at radius 1 is 1.88 bits per heavy atom. The van der Waals surface area contributed by atoms with Crippen molar-refractivity contribution in [2.75, 3.05) is 0 Å². The molecule has 8 heavy (non-hydrogen) atoms. The van der Waals surface area contributed by atoms with Gasteiger partial charge in [0, 0.05) is 5.57 Å². The first-order valence-electron chi connectivity index (χ1n) is 2.26. The molecule has 0 aliphatic carbocycles. The van der Waals surface area contributed by atoms with Crippen molar-refractivity contribution in [3.05, 3.63) is 11.8 Å². The van der Waals surface area contributed by atoms with Crippen molar-refractivity contribution in [3.8, 4) is 0 Å². The zero-order valence-electron chi connectivity index (χ0n) is 4.55. The molecular formula is C5H7O3-. The summed E-state index contributed by atoms with van der Waals surface area (Å²) < 4.78 is 0. The van der Waals surface area contributed by atoms with Crippen LogP contribution in [0.5, 0.6) is 0 Å². The van der Waals surface area contributed by atoms with Gasteiger partial charge in [-0.05, 0) is 6.42 Å². The van der Waals surface area contributed by atoms with Gasteiger partial charge in [-0.1, -0.05) is 6.92 Å². The van der Waals surface area contributed by atoms with Crippen molar-refractivity contribution in [2.24, 2.45) is 0 Å². The molecule has 0 aromatic carbocycles. The van der Waals surface area contributed by atoms with Crippen molar-refractivity contribution in [2.45, 2.75) is 13.3 Å². The van der Waals surface area contributed by atoms with Crippen LogP contribution < -0.4 is 5.11 Å². The lowest BCUT2D eigenvalue weighted by atomic mass is 10.2. The highest BCUT2D eigenvalue weighted by Gasteiger charge is 1.97. The fourth-order valence-corrected chi connectivity index (χ4v) is 0.285. The van der Waals surface area contributed by atoms with E-state index in [9.17, 15) is 9.90 Å². The van der Waals surface area contributed by atoms with E-state index in [0.29, 0.717) is 12.7 Å².